The van der Waals surface area contributed by atoms with Gasteiger partial charge in [-0.25, -0.2) is 14.6 Å². The maximum absolute atomic E-state index is 12.9. The summed E-state index contributed by atoms with van der Waals surface area (Å²) in [6.07, 6.45) is 0.723. The summed E-state index contributed by atoms with van der Waals surface area (Å²) in [6, 6.07) is 3.08. The quantitative estimate of drug-likeness (QED) is 0.244. The molecular weight excluding hydrogens is 242 g/mol. The van der Waals surface area contributed by atoms with Crippen LogP contribution < -0.4 is 16.6 Å². The van der Waals surface area contributed by atoms with Crippen LogP contribution in [0, 0.1) is 11.6 Å². The molecule has 0 unspecified atom stereocenters. The highest BCUT2D eigenvalue weighted by molar-refractivity contribution is 5.93. The highest BCUT2D eigenvalue weighted by Crippen LogP contribution is 2.12. The van der Waals surface area contributed by atoms with Gasteiger partial charge in [0.2, 0.25) is 5.96 Å². The van der Waals surface area contributed by atoms with Gasteiger partial charge in [0, 0.05) is 32.0 Å². The molecule has 0 bridgehead atoms. The molecule has 0 heterocycles. The van der Waals surface area contributed by atoms with Crippen molar-refractivity contribution in [3.8, 4) is 0 Å². The Morgan fingerprint density at radius 2 is 2.00 bits per heavy atom. The van der Waals surface area contributed by atoms with Crippen LogP contribution in [0.1, 0.15) is 6.42 Å². The monoisotopic (exact) mass is 258 g/mol. The Bertz CT molecular complexity index is 392. The van der Waals surface area contributed by atoms with Crippen molar-refractivity contribution in [1.82, 2.24) is 5.43 Å². The Balaban J connectivity index is 2.61. The third kappa shape index (κ3) is 5.07. The molecule has 0 aliphatic rings. The first-order chi connectivity index (χ1) is 8.65. The summed E-state index contributed by atoms with van der Waals surface area (Å²) < 4.78 is 30.8. The van der Waals surface area contributed by atoms with Gasteiger partial charge in [-0.2, -0.15) is 0 Å². The number of ether oxygens (including phenoxy) is 1. The zero-order chi connectivity index (χ0) is 13.4. The molecule has 0 fully saturated rings. The average molecular weight is 258 g/mol. The minimum absolute atomic E-state index is 0.232. The second-order valence-electron chi connectivity index (χ2n) is 3.50. The second kappa shape index (κ2) is 7.57. The third-order valence-electron chi connectivity index (χ3n) is 2.04. The predicted molar refractivity (Wildman–Crippen MR) is 66.1 cm³/mol. The number of nitrogens with zero attached hydrogens (tertiary/aromatic N) is 1. The van der Waals surface area contributed by atoms with Crippen molar-refractivity contribution >= 4 is 11.6 Å². The molecule has 0 aliphatic heterocycles. The number of hydrogen-bond donors (Lipinski definition) is 3. The van der Waals surface area contributed by atoms with Crippen LogP contribution in [0.25, 0.3) is 0 Å². The molecule has 100 valence electrons. The number of rotatable bonds is 5. The molecule has 0 spiro atoms. The Labute approximate surface area is 104 Å². The highest BCUT2D eigenvalue weighted by Gasteiger charge is 2.02. The van der Waals surface area contributed by atoms with E-state index < -0.39 is 11.6 Å². The molecule has 0 aromatic heterocycles. The van der Waals surface area contributed by atoms with Crippen LogP contribution in [-0.4, -0.2) is 26.2 Å². The Morgan fingerprint density at radius 3 is 2.56 bits per heavy atom. The van der Waals surface area contributed by atoms with Gasteiger partial charge in [0.15, 0.2) is 0 Å². The molecule has 5 nitrogen and oxygen atoms in total. The van der Waals surface area contributed by atoms with Crippen LogP contribution in [-0.2, 0) is 4.74 Å². The summed E-state index contributed by atoms with van der Waals surface area (Å²) in [4.78, 5) is 4.08. The molecule has 1 rings (SSSR count). The van der Waals surface area contributed by atoms with E-state index in [1.807, 2.05) is 0 Å². The molecule has 0 amide bonds. The largest absolute Gasteiger partial charge is 0.385 e. The van der Waals surface area contributed by atoms with Gasteiger partial charge in [-0.15, -0.1) is 0 Å². The average Bonchev–Trinajstić information content (AvgIpc) is 2.32. The zero-order valence-corrected chi connectivity index (χ0v) is 10.0. The van der Waals surface area contributed by atoms with Crippen molar-refractivity contribution in [2.75, 3.05) is 25.6 Å². The van der Waals surface area contributed by atoms with Gasteiger partial charge in [0.25, 0.3) is 0 Å². The Kier molecular flexibility index (Phi) is 6.03. The van der Waals surface area contributed by atoms with E-state index in [1.165, 1.54) is 0 Å². The number of methoxy groups -OCH3 is 1. The fraction of sp³-hybridized carbons (Fsp3) is 0.364. The van der Waals surface area contributed by atoms with Gasteiger partial charge in [0.05, 0.1) is 0 Å². The number of halogens is 2. The van der Waals surface area contributed by atoms with Gasteiger partial charge in [-0.1, -0.05) is 0 Å². The first kappa shape index (κ1) is 14.3. The van der Waals surface area contributed by atoms with Crippen molar-refractivity contribution < 1.29 is 13.5 Å². The van der Waals surface area contributed by atoms with Crippen LogP contribution in [0.3, 0.4) is 0 Å². The SMILES string of the molecule is COCCCN=C(NN)Nc1cc(F)cc(F)c1. The summed E-state index contributed by atoms with van der Waals surface area (Å²) in [5.74, 6) is 4.14. The molecule has 0 aliphatic carbocycles. The van der Waals surface area contributed by atoms with E-state index in [9.17, 15) is 8.78 Å². The van der Waals surface area contributed by atoms with Gasteiger partial charge in [-0.05, 0) is 18.6 Å². The minimum Gasteiger partial charge on any atom is -0.385 e. The van der Waals surface area contributed by atoms with Crippen LogP contribution in [0.15, 0.2) is 23.2 Å². The van der Waals surface area contributed by atoms with Gasteiger partial charge >= 0.3 is 0 Å². The molecule has 4 N–H and O–H groups in total. The smallest absolute Gasteiger partial charge is 0.210 e. The summed E-state index contributed by atoms with van der Waals surface area (Å²) in [6.45, 7) is 1.06. The number of guanidine groups is 1. The van der Waals surface area contributed by atoms with E-state index in [0.717, 1.165) is 24.6 Å². The van der Waals surface area contributed by atoms with Gasteiger partial charge in [0.1, 0.15) is 11.6 Å². The number of nitrogens with two attached hydrogens (primary N) is 1. The van der Waals surface area contributed by atoms with E-state index in [0.29, 0.717) is 13.2 Å². The van der Waals surface area contributed by atoms with Gasteiger partial charge in [-0.3, -0.25) is 10.4 Å². The number of hydrazine groups is 1. The fourth-order valence-corrected chi connectivity index (χ4v) is 1.28. The van der Waals surface area contributed by atoms with Crippen molar-refractivity contribution in [2.45, 2.75) is 6.42 Å². The van der Waals surface area contributed by atoms with Crippen LogP contribution in [0.5, 0.6) is 0 Å². The maximum Gasteiger partial charge on any atom is 0.210 e. The maximum atomic E-state index is 12.9. The lowest BCUT2D eigenvalue weighted by Gasteiger charge is -2.09. The molecule has 0 radical (unpaired) electrons. The summed E-state index contributed by atoms with van der Waals surface area (Å²) in [7, 11) is 1.60. The normalized spacial score (nSPS) is 11.4. The van der Waals surface area contributed by atoms with Crippen molar-refractivity contribution in [2.24, 2.45) is 10.8 Å². The third-order valence-corrected chi connectivity index (χ3v) is 2.04. The summed E-state index contributed by atoms with van der Waals surface area (Å²) >= 11 is 0. The molecule has 1 aromatic rings. The molecule has 0 saturated carbocycles. The lowest BCUT2D eigenvalue weighted by Crippen LogP contribution is -2.36. The zero-order valence-electron chi connectivity index (χ0n) is 10.0. The summed E-state index contributed by atoms with van der Waals surface area (Å²) in [5, 5.41) is 2.68. The topological polar surface area (TPSA) is 71.7 Å². The van der Waals surface area contributed by atoms with Crippen LogP contribution in [0.4, 0.5) is 14.5 Å². The van der Waals surface area contributed by atoms with E-state index in [-0.39, 0.29) is 11.6 Å². The first-order valence-corrected chi connectivity index (χ1v) is 5.39. The molecule has 18 heavy (non-hydrogen) atoms. The van der Waals surface area contributed by atoms with Crippen molar-refractivity contribution in [1.29, 1.82) is 0 Å². The Hall–Kier alpha value is -1.73. The highest BCUT2D eigenvalue weighted by atomic mass is 19.1. The van der Waals surface area contributed by atoms with Gasteiger partial charge < -0.3 is 10.1 Å². The molecule has 0 atom stereocenters. The second-order valence-corrected chi connectivity index (χ2v) is 3.50. The molecule has 0 saturated heterocycles. The number of nitrogens with one attached hydrogen (secondary N) is 2. The lowest BCUT2D eigenvalue weighted by molar-refractivity contribution is 0.197. The minimum atomic E-state index is -0.673. The Morgan fingerprint density at radius 1 is 1.33 bits per heavy atom. The van der Waals surface area contributed by atoms with E-state index in [4.69, 9.17) is 10.6 Å². The number of aliphatic imine (C=N–C) groups is 1. The molecule has 1 aromatic carbocycles. The van der Waals surface area contributed by atoms with Crippen LogP contribution >= 0.6 is 0 Å². The lowest BCUT2D eigenvalue weighted by atomic mass is 10.3. The van der Waals surface area contributed by atoms with Crippen molar-refractivity contribution in [3.05, 3.63) is 29.8 Å². The first-order valence-electron chi connectivity index (χ1n) is 5.39. The van der Waals surface area contributed by atoms with E-state index >= 15 is 0 Å². The fourth-order valence-electron chi connectivity index (χ4n) is 1.28. The molecule has 7 heteroatoms. The number of benzene rings is 1. The summed E-state index contributed by atoms with van der Waals surface area (Å²) in [5.41, 5.74) is 2.55. The van der Waals surface area contributed by atoms with E-state index in [2.05, 4.69) is 15.7 Å². The van der Waals surface area contributed by atoms with Crippen molar-refractivity contribution in [3.63, 3.8) is 0 Å². The number of hydrogen-bond acceptors (Lipinski definition) is 3. The number of anilines is 1. The predicted octanol–water partition coefficient (Wildman–Crippen LogP) is 1.23. The molecular formula is C11H16F2N4O. The standard InChI is InChI=1S/C11H16F2N4O/c1-18-4-2-3-15-11(17-14)16-10-6-8(12)5-9(13)7-10/h5-7H,2-4,14H2,1H3,(H2,15,16,17). The van der Waals surface area contributed by atoms with Crippen LogP contribution in [0.2, 0.25) is 0 Å². The van der Waals surface area contributed by atoms with E-state index in [1.54, 1.807) is 7.11 Å².